The molecular formula is C21H19ClN6O3. The Morgan fingerprint density at radius 3 is 2.58 bits per heavy atom. The maximum absolute atomic E-state index is 13.1. The topological polar surface area (TPSA) is 129 Å². The van der Waals surface area contributed by atoms with Gasteiger partial charge in [-0.2, -0.15) is 0 Å². The van der Waals surface area contributed by atoms with E-state index in [1.165, 1.54) is 16.7 Å². The Hall–Kier alpha value is -3.72. The second-order valence-corrected chi connectivity index (χ2v) is 7.56. The van der Waals surface area contributed by atoms with Crippen LogP contribution < -0.4 is 11.1 Å². The van der Waals surface area contributed by atoms with E-state index in [-0.39, 0.29) is 34.0 Å². The van der Waals surface area contributed by atoms with E-state index >= 15 is 0 Å². The predicted octanol–water partition coefficient (Wildman–Crippen LogP) is 4.25. The molecule has 0 unspecified atom stereocenters. The first-order valence-corrected chi connectivity index (χ1v) is 10.0. The van der Waals surface area contributed by atoms with Crippen LogP contribution in [0.1, 0.15) is 30.6 Å². The standard InChI is InChI=1S/C21H19ClN6O3/c1-3-11(2)24-21(29)17-18-20(26-15-7-5-4-6-14(15)25-18)27(19(17)23)12-8-9-13(22)16(10-12)28(30)31/h4-11H,3,23H2,1-2H3,(H,24,29)/t11-/m1/s1. The first-order chi connectivity index (χ1) is 14.8. The Balaban J connectivity index is 2.04. The number of hydrogen-bond donors (Lipinski definition) is 2. The van der Waals surface area contributed by atoms with E-state index in [1.54, 1.807) is 18.2 Å². The zero-order valence-corrected chi connectivity index (χ0v) is 17.6. The highest BCUT2D eigenvalue weighted by Crippen LogP contribution is 2.34. The molecule has 2 aromatic carbocycles. The lowest BCUT2D eigenvalue weighted by molar-refractivity contribution is -0.384. The number of anilines is 1. The van der Waals surface area contributed by atoms with Crippen LogP contribution in [0.2, 0.25) is 5.02 Å². The van der Waals surface area contributed by atoms with Gasteiger partial charge in [0.25, 0.3) is 11.6 Å². The normalized spacial score (nSPS) is 12.2. The highest BCUT2D eigenvalue weighted by atomic mass is 35.5. The van der Waals surface area contributed by atoms with Crippen molar-refractivity contribution in [3.63, 3.8) is 0 Å². The summed E-state index contributed by atoms with van der Waals surface area (Å²) >= 11 is 5.97. The summed E-state index contributed by atoms with van der Waals surface area (Å²) in [5.74, 6) is -0.300. The van der Waals surface area contributed by atoms with Gasteiger partial charge in [-0.15, -0.1) is 0 Å². The molecule has 1 atom stereocenters. The number of fused-ring (bicyclic) bond motifs is 2. The Bertz CT molecular complexity index is 1350. The number of nitrogens with one attached hydrogen (secondary N) is 1. The molecule has 4 aromatic rings. The van der Waals surface area contributed by atoms with Crippen LogP contribution in [0.15, 0.2) is 42.5 Å². The van der Waals surface area contributed by atoms with Crippen molar-refractivity contribution < 1.29 is 9.72 Å². The molecule has 9 nitrogen and oxygen atoms in total. The first kappa shape index (κ1) is 20.5. The number of halogens is 1. The number of aromatic nitrogens is 3. The van der Waals surface area contributed by atoms with Crippen LogP contribution in [-0.4, -0.2) is 31.4 Å². The third kappa shape index (κ3) is 3.53. The van der Waals surface area contributed by atoms with Gasteiger partial charge in [-0.3, -0.25) is 19.5 Å². The van der Waals surface area contributed by atoms with Gasteiger partial charge in [-0.25, -0.2) is 9.97 Å². The van der Waals surface area contributed by atoms with Crippen molar-refractivity contribution in [3.05, 3.63) is 63.2 Å². The molecule has 0 aliphatic heterocycles. The van der Waals surface area contributed by atoms with Gasteiger partial charge in [0.2, 0.25) is 0 Å². The molecular weight excluding hydrogens is 420 g/mol. The number of amides is 1. The van der Waals surface area contributed by atoms with E-state index in [0.717, 1.165) is 6.42 Å². The van der Waals surface area contributed by atoms with E-state index in [9.17, 15) is 14.9 Å². The number of nitrogens with zero attached hydrogens (tertiary/aromatic N) is 4. The molecule has 0 bridgehead atoms. The van der Waals surface area contributed by atoms with Crippen molar-refractivity contribution in [2.24, 2.45) is 0 Å². The molecule has 0 spiro atoms. The second-order valence-electron chi connectivity index (χ2n) is 7.16. The van der Waals surface area contributed by atoms with E-state index in [1.807, 2.05) is 26.0 Å². The lowest BCUT2D eigenvalue weighted by Crippen LogP contribution is -2.32. The Morgan fingerprint density at radius 1 is 1.26 bits per heavy atom. The molecule has 0 fully saturated rings. The fraction of sp³-hybridized carbons (Fsp3) is 0.190. The average molecular weight is 439 g/mol. The fourth-order valence-electron chi connectivity index (χ4n) is 3.32. The molecule has 0 saturated carbocycles. The van der Waals surface area contributed by atoms with Crippen LogP contribution in [0.3, 0.4) is 0 Å². The summed E-state index contributed by atoms with van der Waals surface area (Å²) in [4.78, 5) is 33.1. The maximum atomic E-state index is 13.1. The maximum Gasteiger partial charge on any atom is 0.289 e. The molecule has 0 radical (unpaired) electrons. The molecule has 2 aromatic heterocycles. The van der Waals surface area contributed by atoms with Crippen LogP contribution in [-0.2, 0) is 0 Å². The Labute approximate surface area is 182 Å². The number of nitro benzene ring substituents is 1. The lowest BCUT2D eigenvalue weighted by Gasteiger charge is -2.11. The quantitative estimate of drug-likeness (QED) is 0.354. The number of carbonyl (C=O) groups is 1. The molecule has 1 amide bonds. The van der Waals surface area contributed by atoms with Crippen LogP contribution in [0.5, 0.6) is 0 Å². The van der Waals surface area contributed by atoms with E-state index in [4.69, 9.17) is 17.3 Å². The number of nitrogen functional groups attached to an aromatic ring is 1. The number of para-hydroxylation sites is 2. The molecule has 4 rings (SSSR count). The van der Waals surface area contributed by atoms with Gasteiger partial charge < -0.3 is 11.1 Å². The number of nitrogens with two attached hydrogens (primary N) is 1. The minimum atomic E-state index is -0.578. The van der Waals surface area contributed by atoms with E-state index in [2.05, 4.69) is 15.3 Å². The predicted molar refractivity (Wildman–Crippen MR) is 120 cm³/mol. The zero-order valence-electron chi connectivity index (χ0n) is 16.8. The Kier molecular flexibility index (Phi) is 5.20. The van der Waals surface area contributed by atoms with Gasteiger partial charge in [0.05, 0.1) is 21.6 Å². The molecule has 0 saturated heterocycles. The van der Waals surface area contributed by atoms with Gasteiger partial charge in [0.15, 0.2) is 5.65 Å². The van der Waals surface area contributed by atoms with Gasteiger partial charge in [-0.05, 0) is 37.6 Å². The van der Waals surface area contributed by atoms with E-state index in [0.29, 0.717) is 27.9 Å². The summed E-state index contributed by atoms with van der Waals surface area (Å²) in [6.45, 7) is 3.84. The number of carbonyl (C=O) groups excluding carboxylic acids is 1. The monoisotopic (exact) mass is 438 g/mol. The molecule has 158 valence electrons. The van der Waals surface area contributed by atoms with Crippen molar-refractivity contribution in [2.75, 3.05) is 5.73 Å². The molecule has 31 heavy (non-hydrogen) atoms. The first-order valence-electron chi connectivity index (χ1n) is 9.63. The van der Waals surface area contributed by atoms with Gasteiger partial charge in [-0.1, -0.05) is 30.7 Å². The highest BCUT2D eigenvalue weighted by Gasteiger charge is 2.26. The van der Waals surface area contributed by atoms with Crippen LogP contribution in [0, 0.1) is 10.1 Å². The van der Waals surface area contributed by atoms with Gasteiger partial charge >= 0.3 is 0 Å². The number of hydrogen-bond acceptors (Lipinski definition) is 6. The molecule has 10 heteroatoms. The van der Waals surface area contributed by atoms with Crippen molar-refractivity contribution >= 4 is 51.2 Å². The second kappa shape index (κ2) is 7.84. The van der Waals surface area contributed by atoms with Gasteiger partial charge in [0, 0.05) is 12.1 Å². The third-order valence-electron chi connectivity index (χ3n) is 5.10. The SMILES string of the molecule is CC[C@@H](C)NC(=O)c1c(N)n(-c2ccc(Cl)c([N+](=O)[O-])c2)c2nc3ccccc3nc12. The van der Waals surface area contributed by atoms with Crippen LogP contribution in [0.4, 0.5) is 11.5 Å². The number of benzene rings is 2. The van der Waals surface area contributed by atoms with Crippen LogP contribution >= 0.6 is 11.6 Å². The van der Waals surface area contributed by atoms with Crippen molar-refractivity contribution in [3.8, 4) is 5.69 Å². The number of nitro groups is 1. The van der Waals surface area contributed by atoms with Crippen molar-refractivity contribution in [2.45, 2.75) is 26.3 Å². The summed E-state index contributed by atoms with van der Waals surface area (Å²) < 4.78 is 1.49. The largest absolute Gasteiger partial charge is 0.384 e. The smallest absolute Gasteiger partial charge is 0.289 e. The minimum Gasteiger partial charge on any atom is -0.384 e. The molecule has 3 N–H and O–H groups in total. The number of rotatable bonds is 5. The molecule has 0 aliphatic carbocycles. The summed E-state index contributed by atoms with van der Waals surface area (Å²) in [5, 5.41) is 14.3. The van der Waals surface area contributed by atoms with Crippen molar-refractivity contribution in [1.29, 1.82) is 0 Å². The summed E-state index contributed by atoms with van der Waals surface area (Å²) in [6.07, 6.45) is 0.738. The zero-order chi connectivity index (χ0) is 22.3. The molecule has 2 heterocycles. The van der Waals surface area contributed by atoms with Crippen molar-refractivity contribution in [1.82, 2.24) is 19.9 Å². The Morgan fingerprint density at radius 2 is 1.94 bits per heavy atom. The van der Waals surface area contributed by atoms with E-state index < -0.39 is 4.92 Å². The molecule has 0 aliphatic rings. The summed E-state index contributed by atoms with van der Waals surface area (Å²) in [6, 6.07) is 11.4. The summed E-state index contributed by atoms with van der Waals surface area (Å²) in [7, 11) is 0. The fourth-order valence-corrected chi connectivity index (χ4v) is 3.51. The highest BCUT2D eigenvalue weighted by molar-refractivity contribution is 6.32. The van der Waals surface area contributed by atoms with Gasteiger partial charge in [0.1, 0.15) is 21.9 Å². The summed E-state index contributed by atoms with van der Waals surface area (Å²) in [5.41, 5.74) is 8.50. The minimum absolute atomic E-state index is 0.00458. The van der Waals surface area contributed by atoms with Crippen LogP contribution in [0.25, 0.3) is 27.9 Å². The lowest BCUT2D eigenvalue weighted by atomic mass is 10.2. The average Bonchev–Trinajstić information content (AvgIpc) is 3.03. The third-order valence-corrected chi connectivity index (χ3v) is 5.42.